The predicted molar refractivity (Wildman–Crippen MR) is 121 cm³/mol. The second kappa shape index (κ2) is 9.94. The molecule has 154 valence electrons. The van der Waals surface area contributed by atoms with E-state index in [9.17, 15) is 9.59 Å². The molecule has 0 aliphatic rings. The number of hydrogen-bond acceptors (Lipinski definition) is 3. The van der Waals surface area contributed by atoms with Crippen molar-refractivity contribution in [2.45, 2.75) is 20.3 Å². The van der Waals surface area contributed by atoms with Gasteiger partial charge in [-0.3, -0.25) is 9.59 Å². The summed E-state index contributed by atoms with van der Waals surface area (Å²) >= 11 is 5.95. The molecule has 0 aliphatic carbocycles. The first kappa shape index (κ1) is 21.4. The van der Waals surface area contributed by atoms with E-state index in [1.807, 2.05) is 38.1 Å². The molecule has 5 nitrogen and oxygen atoms in total. The van der Waals surface area contributed by atoms with E-state index in [0.29, 0.717) is 22.0 Å². The molecule has 2 amide bonds. The molecule has 3 aromatic rings. The summed E-state index contributed by atoms with van der Waals surface area (Å²) in [5, 5.41) is 6.34. The summed E-state index contributed by atoms with van der Waals surface area (Å²) in [7, 11) is 0. The van der Waals surface area contributed by atoms with Gasteiger partial charge >= 0.3 is 0 Å². The van der Waals surface area contributed by atoms with Gasteiger partial charge < -0.3 is 15.4 Å². The number of nitrogens with one attached hydrogen (secondary N) is 2. The van der Waals surface area contributed by atoms with Gasteiger partial charge in [0, 0.05) is 22.0 Å². The van der Waals surface area contributed by atoms with Gasteiger partial charge in [-0.05, 0) is 73.0 Å². The number of amides is 2. The summed E-state index contributed by atoms with van der Waals surface area (Å²) in [6, 6.07) is 19.6. The van der Waals surface area contributed by atoms with Crippen molar-refractivity contribution in [1.29, 1.82) is 0 Å². The van der Waals surface area contributed by atoms with Crippen LogP contribution in [-0.2, 0) is 11.2 Å². The molecule has 0 aliphatic heterocycles. The molecule has 3 rings (SSSR count). The standard InChI is InChI=1S/C24H23ClN2O3/c1-3-17-6-4-5-7-22(17)26-23(28)15-30-20-11-8-18(9-12-20)24(29)27-21-13-10-19(25)14-16(21)2/h4-14H,3,15H2,1-2H3,(H,26,28)(H,27,29). The molecule has 0 atom stereocenters. The first-order valence-electron chi connectivity index (χ1n) is 9.64. The van der Waals surface area contributed by atoms with Crippen LogP contribution in [0.3, 0.4) is 0 Å². The fraction of sp³-hybridized carbons (Fsp3) is 0.167. The Kier molecular flexibility index (Phi) is 7.09. The van der Waals surface area contributed by atoms with Gasteiger partial charge in [0.1, 0.15) is 5.75 Å². The summed E-state index contributed by atoms with van der Waals surface area (Å²) in [6.07, 6.45) is 0.830. The molecule has 30 heavy (non-hydrogen) atoms. The van der Waals surface area contributed by atoms with Crippen LogP contribution < -0.4 is 15.4 Å². The first-order valence-corrected chi connectivity index (χ1v) is 10.0. The Labute approximate surface area is 181 Å². The maximum Gasteiger partial charge on any atom is 0.262 e. The highest BCUT2D eigenvalue weighted by Crippen LogP contribution is 2.21. The van der Waals surface area contributed by atoms with Crippen molar-refractivity contribution >= 4 is 34.8 Å². The van der Waals surface area contributed by atoms with Crippen LogP contribution in [0.4, 0.5) is 11.4 Å². The van der Waals surface area contributed by atoms with Crippen LogP contribution in [-0.4, -0.2) is 18.4 Å². The number of anilines is 2. The van der Waals surface area contributed by atoms with Gasteiger partial charge in [0.2, 0.25) is 0 Å². The molecular formula is C24H23ClN2O3. The van der Waals surface area contributed by atoms with Crippen LogP contribution in [0.1, 0.15) is 28.4 Å². The monoisotopic (exact) mass is 422 g/mol. The number of halogens is 1. The molecule has 2 N–H and O–H groups in total. The van der Waals surface area contributed by atoms with E-state index >= 15 is 0 Å². The third-order valence-electron chi connectivity index (χ3n) is 4.60. The van der Waals surface area contributed by atoms with Crippen LogP contribution in [0.25, 0.3) is 0 Å². The normalized spacial score (nSPS) is 10.4. The molecule has 0 unspecified atom stereocenters. The average molecular weight is 423 g/mol. The first-order chi connectivity index (χ1) is 14.5. The smallest absolute Gasteiger partial charge is 0.262 e. The average Bonchev–Trinajstić information content (AvgIpc) is 2.75. The van der Waals surface area contributed by atoms with Crippen LogP contribution in [0.5, 0.6) is 5.75 Å². The molecule has 0 spiro atoms. The lowest BCUT2D eigenvalue weighted by molar-refractivity contribution is -0.118. The van der Waals surface area contributed by atoms with Crippen LogP contribution in [0.15, 0.2) is 66.7 Å². The molecule has 0 heterocycles. The van der Waals surface area contributed by atoms with E-state index in [-0.39, 0.29) is 18.4 Å². The maximum atomic E-state index is 12.4. The topological polar surface area (TPSA) is 67.4 Å². The lowest BCUT2D eigenvalue weighted by Crippen LogP contribution is -2.21. The summed E-state index contributed by atoms with van der Waals surface area (Å²) in [6.45, 7) is 3.80. The molecule has 0 fully saturated rings. The molecule has 0 radical (unpaired) electrons. The highest BCUT2D eigenvalue weighted by molar-refractivity contribution is 6.30. The van der Waals surface area contributed by atoms with Crippen LogP contribution in [0.2, 0.25) is 5.02 Å². The number of aryl methyl sites for hydroxylation is 2. The molecule has 0 aromatic heterocycles. The second-order valence-electron chi connectivity index (χ2n) is 6.79. The van der Waals surface area contributed by atoms with Gasteiger partial charge in [-0.15, -0.1) is 0 Å². The molecule has 3 aromatic carbocycles. The summed E-state index contributed by atoms with van der Waals surface area (Å²) in [5.74, 6) is 0.0324. The van der Waals surface area contributed by atoms with Gasteiger partial charge in [-0.2, -0.15) is 0 Å². The number of ether oxygens (including phenoxy) is 1. The lowest BCUT2D eigenvalue weighted by atomic mass is 10.1. The van der Waals surface area contributed by atoms with Gasteiger partial charge in [0.05, 0.1) is 0 Å². The Hall–Kier alpha value is -3.31. The van der Waals surface area contributed by atoms with E-state index in [0.717, 1.165) is 23.2 Å². The summed E-state index contributed by atoms with van der Waals surface area (Å²) in [5.41, 5.74) is 3.92. The highest BCUT2D eigenvalue weighted by Gasteiger charge is 2.10. The quantitative estimate of drug-likeness (QED) is 0.529. The number of carbonyl (C=O) groups is 2. The Balaban J connectivity index is 1.55. The largest absolute Gasteiger partial charge is 0.484 e. The van der Waals surface area contributed by atoms with Crippen molar-refractivity contribution in [3.8, 4) is 5.75 Å². The molecule has 0 saturated carbocycles. The Morgan fingerprint density at radius 1 is 0.933 bits per heavy atom. The van der Waals surface area contributed by atoms with Crippen molar-refractivity contribution in [2.24, 2.45) is 0 Å². The van der Waals surface area contributed by atoms with Crippen molar-refractivity contribution < 1.29 is 14.3 Å². The highest BCUT2D eigenvalue weighted by atomic mass is 35.5. The fourth-order valence-electron chi connectivity index (χ4n) is 2.95. The zero-order chi connectivity index (χ0) is 21.5. The van der Waals surface area contributed by atoms with Gasteiger partial charge in [-0.1, -0.05) is 36.7 Å². The number of rotatable bonds is 7. The van der Waals surface area contributed by atoms with Crippen LogP contribution in [0, 0.1) is 6.92 Å². The Bertz CT molecular complexity index is 1050. The van der Waals surface area contributed by atoms with Gasteiger partial charge in [-0.25, -0.2) is 0 Å². The predicted octanol–water partition coefficient (Wildman–Crippen LogP) is 5.48. The number of para-hydroxylation sites is 1. The third-order valence-corrected chi connectivity index (χ3v) is 4.83. The van der Waals surface area contributed by atoms with Crippen molar-refractivity contribution in [1.82, 2.24) is 0 Å². The van der Waals surface area contributed by atoms with E-state index in [1.165, 1.54) is 0 Å². The number of carbonyl (C=O) groups excluding carboxylic acids is 2. The molecular weight excluding hydrogens is 400 g/mol. The SMILES string of the molecule is CCc1ccccc1NC(=O)COc1ccc(C(=O)Nc2ccc(Cl)cc2C)cc1. The van der Waals surface area contributed by atoms with Crippen molar-refractivity contribution in [3.05, 3.63) is 88.4 Å². The summed E-state index contributed by atoms with van der Waals surface area (Å²) < 4.78 is 5.54. The molecule has 0 saturated heterocycles. The number of hydrogen-bond donors (Lipinski definition) is 2. The van der Waals surface area contributed by atoms with Crippen molar-refractivity contribution in [3.63, 3.8) is 0 Å². The minimum Gasteiger partial charge on any atom is -0.484 e. The van der Waals surface area contributed by atoms with E-state index in [1.54, 1.807) is 42.5 Å². The van der Waals surface area contributed by atoms with Gasteiger partial charge in [0.25, 0.3) is 11.8 Å². The minimum absolute atomic E-state index is 0.117. The Morgan fingerprint density at radius 3 is 2.37 bits per heavy atom. The minimum atomic E-state index is -0.240. The zero-order valence-electron chi connectivity index (χ0n) is 16.9. The van der Waals surface area contributed by atoms with E-state index in [4.69, 9.17) is 16.3 Å². The van der Waals surface area contributed by atoms with Crippen LogP contribution >= 0.6 is 11.6 Å². The molecule has 6 heteroatoms. The second-order valence-corrected chi connectivity index (χ2v) is 7.22. The lowest BCUT2D eigenvalue weighted by Gasteiger charge is -2.11. The fourth-order valence-corrected chi connectivity index (χ4v) is 3.18. The Morgan fingerprint density at radius 2 is 1.67 bits per heavy atom. The van der Waals surface area contributed by atoms with E-state index in [2.05, 4.69) is 10.6 Å². The third kappa shape index (κ3) is 5.61. The zero-order valence-corrected chi connectivity index (χ0v) is 17.6. The number of benzene rings is 3. The van der Waals surface area contributed by atoms with E-state index < -0.39 is 0 Å². The van der Waals surface area contributed by atoms with Gasteiger partial charge in [0.15, 0.2) is 6.61 Å². The van der Waals surface area contributed by atoms with Crippen molar-refractivity contribution in [2.75, 3.05) is 17.2 Å². The maximum absolute atomic E-state index is 12.4. The molecule has 0 bridgehead atoms. The summed E-state index contributed by atoms with van der Waals surface area (Å²) in [4.78, 5) is 24.6.